The molecule has 0 radical (unpaired) electrons. The van der Waals surface area contributed by atoms with Crippen molar-refractivity contribution in [2.45, 2.75) is 6.04 Å². The van der Waals surface area contributed by atoms with Crippen molar-refractivity contribution < 1.29 is 18.3 Å². The molecule has 0 saturated carbocycles. The average Bonchev–Trinajstić information content (AvgIpc) is 2.78. The Morgan fingerprint density at radius 3 is 2.68 bits per heavy atom. The molecule has 0 fully saturated rings. The van der Waals surface area contributed by atoms with Crippen molar-refractivity contribution in [3.05, 3.63) is 51.7 Å². The molecule has 3 rings (SSSR count). The van der Waals surface area contributed by atoms with E-state index in [1.165, 1.54) is 28.8 Å². The van der Waals surface area contributed by atoms with E-state index < -0.39 is 27.3 Å². The van der Waals surface area contributed by atoms with Crippen molar-refractivity contribution in [2.75, 3.05) is 5.75 Å². The summed E-state index contributed by atoms with van der Waals surface area (Å²) < 4.78 is 24.4. The Kier molecular flexibility index (Phi) is 3.06. The van der Waals surface area contributed by atoms with Crippen molar-refractivity contribution in [1.29, 1.82) is 0 Å². The first-order valence-corrected chi connectivity index (χ1v) is 8.10. The molecule has 1 amide bonds. The first-order chi connectivity index (χ1) is 10.3. The lowest BCUT2D eigenvalue weighted by Gasteiger charge is -2.16. The van der Waals surface area contributed by atoms with Gasteiger partial charge in [0.05, 0.1) is 17.3 Å². The molecule has 114 valence electrons. The average molecular weight is 320 g/mol. The Morgan fingerprint density at radius 1 is 1.36 bits per heavy atom. The molecule has 1 atom stereocenters. The highest BCUT2D eigenvalue weighted by Crippen LogP contribution is 2.28. The highest BCUT2D eigenvalue weighted by Gasteiger charge is 2.27. The second-order valence-corrected chi connectivity index (χ2v) is 6.96. The Labute approximate surface area is 125 Å². The number of aromatic nitrogens is 1. The van der Waals surface area contributed by atoms with E-state index in [1.54, 1.807) is 6.07 Å². The van der Waals surface area contributed by atoms with E-state index >= 15 is 0 Å². The zero-order valence-corrected chi connectivity index (χ0v) is 12.1. The molecular formula is C14H12N2O5S. The number of hydrogen-bond donors (Lipinski definition) is 2. The molecule has 2 aromatic rings. The van der Waals surface area contributed by atoms with Crippen LogP contribution in [0.1, 0.15) is 16.4 Å². The zero-order valence-electron chi connectivity index (χ0n) is 11.3. The molecule has 0 aliphatic carbocycles. The Bertz CT molecular complexity index is 988. The minimum atomic E-state index is -3.39. The number of carbonyl (C=O) groups is 1. The molecule has 1 aromatic carbocycles. The SMILES string of the molecule is NC(=O)c1cc2c(O)cccc2n([C@@H]2C=CS(=O)(=O)C2)c1=O. The number of allylic oxidation sites excluding steroid dienone is 1. The molecule has 0 bridgehead atoms. The summed E-state index contributed by atoms with van der Waals surface area (Å²) in [5.74, 6) is -1.34. The van der Waals surface area contributed by atoms with E-state index in [0.717, 1.165) is 5.41 Å². The fraction of sp³-hybridized carbons (Fsp3) is 0.143. The van der Waals surface area contributed by atoms with Crippen LogP contribution in [0.25, 0.3) is 10.9 Å². The number of benzene rings is 1. The molecule has 1 aliphatic rings. The van der Waals surface area contributed by atoms with Gasteiger partial charge in [-0.3, -0.25) is 14.2 Å². The lowest BCUT2D eigenvalue weighted by molar-refractivity contribution is 0.0998. The number of nitrogens with two attached hydrogens (primary N) is 1. The van der Waals surface area contributed by atoms with E-state index in [1.807, 2.05) is 0 Å². The normalized spacial score (nSPS) is 19.5. The third-order valence-corrected chi connectivity index (χ3v) is 4.94. The van der Waals surface area contributed by atoms with Crippen LogP contribution in [0.4, 0.5) is 0 Å². The number of phenolic OH excluding ortho intramolecular Hbond substituents is 1. The van der Waals surface area contributed by atoms with Gasteiger partial charge in [-0.15, -0.1) is 0 Å². The van der Waals surface area contributed by atoms with Crippen molar-refractivity contribution >= 4 is 26.6 Å². The molecule has 2 heterocycles. The predicted octanol–water partition coefficient (Wildman–Crippen LogP) is 0.289. The number of carbonyl (C=O) groups excluding carboxylic acids is 1. The molecule has 7 nitrogen and oxygen atoms in total. The predicted molar refractivity (Wildman–Crippen MR) is 80.4 cm³/mol. The lowest BCUT2D eigenvalue weighted by Crippen LogP contribution is -2.32. The monoisotopic (exact) mass is 320 g/mol. The Hall–Kier alpha value is -2.61. The lowest BCUT2D eigenvalue weighted by atomic mass is 10.1. The van der Waals surface area contributed by atoms with Gasteiger partial charge in [-0.25, -0.2) is 8.42 Å². The van der Waals surface area contributed by atoms with Crippen LogP contribution in [0.3, 0.4) is 0 Å². The molecule has 1 aliphatic heterocycles. The molecule has 8 heteroatoms. The van der Waals surface area contributed by atoms with Gasteiger partial charge in [-0.05, 0) is 24.3 Å². The third-order valence-electron chi connectivity index (χ3n) is 3.57. The van der Waals surface area contributed by atoms with Crippen molar-refractivity contribution in [3.63, 3.8) is 0 Å². The van der Waals surface area contributed by atoms with E-state index in [9.17, 15) is 23.1 Å². The first kappa shape index (κ1) is 14.3. The van der Waals surface area contributed by atoms with Gasteiger partial charge in [0.25, 0.3) is 11.5 Å². The number of amides is 1. The van der Waals surface area contributed by atoms with Gasteiger partial charge in [-0.1, -0.05) is 6.07 Å². The summed E-state index contributed by atoms with van der Waals surface area (Å²) in [4.78, 5) is 23.9. The van der Waals surface area contributed by atoms with Crippen LogP contribution < -0.4 is 11.3 Å². The van der Waals surface area contributed by atoms with Gasteiger partial charge >= 0.3 is 0 Å². The van der Waals surface area contributed by atoms with Gasteiger partial charge in [0, 0.05) is 10.8 Å². The maximum Gasteiger partial charge on any atom is 0.264 e. The summed E-state index contributed by atoms with van der Waals surface area (Å²) in [5, 5.41) is 11.2. The maximum absolute atomic E-state index is 12.5. The largest absolute Gasteiger partial charge is 0.507 e. The summed E-state index contributed by atoms with van der Waals surface area (Å²) in [7, 11) is -3.39. The molecular weight excluding hydrogens is 308 g/mol. The fourth-order valence-electron chi connectivity index (χ4n) is 2.57. The van der Waals surface area contributed by atoms with Crippen LogP contribution in [0.2, 0.25) is 0 Å². The quantitative estimate of drug-likeness (QED) is 0.824. The van der Waals surface area contributed by atoms with Crippen molar-refractivity contribution in [2.24, 2.45) is 5.73 Å². The summed E-state index contributed by atoms with van der Waals surface area (Å²) in [6.45, 7) is 0. The maximum atomic E-state index is 12.5. The molecule has 1 aromatic heterocycles. The molecule has 0 saturated heterocycles. The molecule has 0 unspecified atom stereocenters. The van der Waals surface area contributed by atoms with Crippen LogP contribution in [0.5, 0.6) is 5.75 Å². The minimum Gasteiger partial charge on any atom is -0.507 e. The summed E-state index contributed by atoms with van der Waals surface area (Å²) >= 11 is 0. The van der Waals surface area contributed by atoms with Crippen LogP contribution in [0, 0.1) is 0 Å². The highest BCUT2D eigenvalue weighted by molar-refractivity contribution is 7.94. The van der Waals surface area contributed by atoms with Crippen LogP contribution in [0.15, 0.2) is 40.5 Å². The van der Waals surface area contributed by atoms with Gasteiger partial charge < -0.3 is 10.8 Å². The highest BCUT2D eigenvalue weighted by atomic mass is 32.2. The van der Waals surface area contributed by atoms with Gasteiger partial charge in [0.1, 0.15) is 11.3 Å². The van der Waals surface area contributed by atoms with Gasteiger partial charge in [0.15, 0.2) is 9.84 Å². The first-order valence-electron chi connectivity index (χ1n) is 6.38. The topological polar surface area (TPSA) is 119 Å². The summed E-state index contributed by atoms with van der Waals surface area (Å²) in [6.07, 6.45) is 1.38. The number of pyridine rings is 1. The van der Waals surface area contributed by atoms with Crippen LogP contribution >= 0.6 is 0 Å². The smallest absolute Gasteiger partial charge is 0.264 e. The van der Waals surface area contributed by atoms with E-state index in [4.69, 9.17) is 5.73 Å². The van der Waals surface area contributed by atoms with Gasteiger partial charge in [0.2, 0.25) is 0 Å². The van der Waals surface area contributed by atoms with E-state index in [-0.39, 0.29) is 22.5 Å². The third kappa shape index (κ3) is 2.17. The van der Waals surface area contributed by atoms with Gasteiger partial charge in [-0.2, -0.15) is 0 Å². The number of primary amides is 1. The number of nitrogens with zero attached hydrogens (tertiary/aromatic N) is 1. The number of hydrogen-bond acceptors (Lipinski definition) is 5. The number of phenols is 1. The molecule has 0 spiro atoms. The minimum absolute atomic E-state index is 0.126. The summed E-state index contributed by atoms with van der Waals surface area (Å²) in [5.41, 5.74) is 4.56. The zero-order chi connectivity index (χ0) is 16.1. The van der Waals surface area contributed by atoms with Crippen LogP contribution in [-0.2, 0) is 9.84 Å². The Balaban J connectivity index is 2.40. The Morgan fingerprint density at radius 2 is 2.09 bits per heavy atom. The van der Waals surface area contributed by atoms with Crippen molar-refractivity contribution in [1.82, 2.24) is 4.57 Å². The fourth-order valence-corrected chi connectivity index (χ4v) is 3.84. The number of fused-ring (bicyclic) bond motifs is 1. The number of sulfone groups is 1. The van der Waals surface area contributed by atoms with Crippen LogP contribution in [-0.4, -0.2) is 29.8 Å². The second kappa shape index (κ2) is 4.70. The number of rotatable bonds is 2. The summed E-state index contributed by atoms with van der Waals surface area (Å²) in [6, 6.07) is 4.98. The standard InChI is InChI=1S/C14H12N2O5S/c15-13(18)10-6-9-11(2-1-3-12(9)17)16(14(10)19)8-4-5-22(20,21)7-8/h1-6,8,17H,7H2,(H2,15,18)/t8-/m1/s1. The molecule has 22 heavy (non-hydrogen) atoms. The number of aromatic hydroxyl groups is 1. The molecule has 3 N–H and O–H groups in total. The second-order valence-electron chi connectivity index (χ2n) is 5.03. The van der Waals surface area contributed by atoms with E-state index in [2.05, 4.69) is 0 Å². The van der Waals surface area contributed by atoms with Crippen molar-refractivity contribution in [3.8, 4) is 5.75 Å². The van der Waals surface area contributed by atoms with E-state index in [0.29, 0.717) is 5.52 Å².